The summed E-state index contributed by atoms with van der Waals surface area (Å²) in [7, 11) is 0. The zero-order valence-corrected chi connectivity index (χ0v) is 20.5. The van der Waals surface area contributed by atoms with E-state index >= 15 is 0 Å². The molecule has 1 aromatic heterocycles. The number of hydrogen-bond acceptors (Lipinski definition) is 9. The smallest absolute Gasteiger partial charge is 0.194 e. The van der Waals surface area contributed by atoms with E-state index in [2.05, 4.69) is 10.3 Å². The van der Waals surface area contributed by atoms with Crippen LogP contribution in [0.3, 0.4) is 0 Å². The first-order chi connectivity index (χ1) is 14.1. The molecule has 29 heavy (non-hydrogen) atoms. The summed E-state index contributed by atoms with van der Waals surface area (Å²) in [6, 6.07) is 0. The maximum absolute atomic E-state index is 10.7. The number of hydrogen-bond donors (Lipinski definition) is 0. The number of ether oxygens (including phenoxy) is 5. The van der Waals surface area contributed by atoms with Crippen LogP contribution in [-0.2, 0) is 46.4 Å². The van der Waals surface area contributed by atoms with Gasteiger partial charge in [-0.1, -0.05) is 5.21 Å². The van der Waals surface area contributed by atoms with Gasteiger partial charge in [0, 0.05) is 12.8 Å². The normalized spacial score (nSPS) is 11.1. The second kappa shape index (κ2) is 18.5. The second-order valence-electron chi connectivity index (χ2n) is 5.69. The topological polar surface area (TPSA) is 111 Å². The molecule has 0 spiro atoms. The monoisotopic (exact) mass is 639 g/mol. The standard InChI is InChI=1S/C17H27I2N3O7/c18-16(23)1-4-25-7-9-27-6-3-22-13-15(20-21-22)14-29-12-11-28-10-8-26-5-2-17(19)24/h13H,1-12,14H2. The molecule has 1 rings (SSSR count). The summed E-state index contributed by atoms with van der Waals surface area (Å²) in [5.74, 6) is 0. The van der Waals surface area contributed by atoms with Crippen LogP contribution in [0.5, 0.6) is 0 Å². The summed E-state index contributed by atoms with van der Waals surface area (Å²) >= 11 is 3.50. The van der Waals surface area contributed by atoms with Crippen molar-refractivity contribution in [2.45, 2.75) is 26.0 Å². The van der Waals surface area contributed by atoms with Crippen LogP contribution in [0, 0.1) is 0 Å². The molecule has 0 amide bonds. The summed E-state index contributed by atoms with van der Waals surface area (Å²) in [5, 5.41) is 8.06. The van der Waals surface area contributed by atoms with Gasteiger partial charge in [-0.15, -0.1) is 5.10 Å². The van der Waals surface area contributed by atoms with Gasteiger partial charge >= 0.3 is 0 Å². The number of halogens is 2. The van der Waals surface area contributed by atoms with Crippen molar-refractivity contribution in [1.29, 1.82) is 0 Å². The molecular weight excluding hydrogens is 612 g/mol. The van der Waals surface area contributed by atoms with Crippen molar-refractivity contribution < 1.29 is 33.3 Å². The summed E-state index contributed by atoms with van der Waals surface area (Å²) in [6.45, 7) is 5.09. The van der Waals surface area contributed by atoms with Crippen molar-refractivity contribution in [1.82, 2.24) is 15.0 Å². The van der Waals surface area contributed by atoms with Crippen LogP contribution in [0.4, 0.5) is 0 Å². The lowest BCUT2D eigenvalue weighted by Gasteiger charge is -2.05. The molecule has 12 heteroatoms. The highest BCUT2D eigenvalue weighted by molar-refractivity contribution is 14.1. The molecule has 0 aliphatic heterocycles. The Balaban J connectivity index is 1.91. The Morgan fingerprint density at radius 2 is 1.24 bits per heavy atom. The molecule has 0 unspecified atom stereocenters. The zero-order valence-electron chi connectivity index (χ0n) is 16.2. The molecule has 1 heterocycles. The van der Waals surface area contributed by atoms with Gasteiger partial charge in [-0.25, -0.2) is 4.68 Å². The summed E-state index contributed by atoms with van der Waals surface area (Å²) < 4.78 is 28.7. The Kier molecular flexibility index (Phi) is 17.1. The fraction of sp³-hybridized carbons (Fsp3) is 0.765. The SMILES string of the molecule is O=C(I)CCOCCOCCOCc1cn(CCOCCOCCC(=O)I)nn1. The van der Waals surface area contributed by atoms with E-state index in [1.54, 1.807) is 49.9 Å². The Morgan fingerprint density at radius 1 is 0.759 bits per heavy atom. The minimum absolute atomic E-state index is 0.0909. The molecule has 0 aromatic carbocycles. The molecule has 0 N–H and O–H groups in total. The van der Waals surface area contributed by atoms with E-state index in [0.717, 1.165) is 5.69 Å². The van der Waals surface area contributed by atoms with Gasteiger partial charge in [0.1, 0.15) is 5.69 Å². The third-order valence-electron chi connectivity index (χ3n) is 3.30. The van der Waals surface area contributed by atoms with Crippen LogP contribution < -0.4 is 0 Å². The van der Waals surface area contributed by atoms with Crippen molar-refractivity contribution >= 4 is 52.8 Å². The lowest BCUT2D eigenvalue weighted by atomic mass is 10.5. The van der Waals surface area contributed by atoms with Gasteiger partial charge in [0.2, 0.25) is 0 Å². The molecule has 0 fully saturated rings. The number of rotatable bonds is 20. The van der Waals surface area contributed by atoms with Crippen LogP contribution in [0.2, 0.25) is 0 Å². The number of carbonyl (C=O) groups is 2. The predicted molar refractivity (Wildman–Crippen MR) is 120 cm³/mol. The lowest BCUT2D eigenvalue weighted by Crippen LogP contribution is -2.11. The highest BCUT2D eigenvalue weighted by atomic mass is 127. The Morgan fingerprint density at radius 3 is 1.79 bits per heavy atom. The van der Waals surface area contributed by atoms with Gasteiger partial charge in [0.05, 0.1) is 78.8 Å². The molecule has 0 atom stereocenters. The molecule has 0 bridgehead atoms. The van der Waals surface area contributed by atoms with Crippen LogP contribution in [0.1, 0.15) is 18.5 Å². The van der Waals surface area contributed by atoms with Crippen molar-refractivity contribution in [3.05, 3.63) is 11.9 Å². The third-order valence-corrected chi connectivity index (χ3v) is 4.38. The van der Waals surface area contributed by atoms with Crippen molar-refractivity contribution in [2.24, 2.45) is 0 Å². The zero-order chi connectivity index (χ0) is 21.2. The third kappa shape index (κ3) is 17.1. The van der Waals surface area contributed by atoms with Crippen molar-refractivity contribution in [3.8, 4) is 0 Å². The maximum atomic E-state index is 10.7. The Bertz CT molecular complexity index is 575. The van der Waals surface area contributed by atoms with Gasteiger partial charge in [0.15, 0.2) is 7.58 Å². The molecule has 0 aliphatic carbocycles. The van der Waals surface area contributed by atoms with Gasteiger partial charge in [-0.2, -0.15) is 0 Å². The molecular formula is C17H27I2N3O7. The summed E-state index contributed by atoms with van der Waals surface area (Å²) in [5.41, 5.74) is 0.739. The first kappa shape index (κ1) is 26.8. The maximum Gasteiger partial charge on any atom is 0.194 e. The molecule has 0 aliphatic rings. The minimum atomic E-state index is 0.0909. The van der Waals surface area contributed by atoms with Crippen LogP contribution in [0.15, 0.2) is 6.20 Å². The Labute approximate surface area is 197 Å². The van der Waals surface area contributed by atoms with Crippen LogP contribution in [0.25, 0.3) is 0 Å². The number of aromatic nitrogens is 3. The lowest BCUT2D eigenvalue weighted by molar-refractivity contribution is -0.111. The molecule has 0 saturated carbocycles. The fourth-order valence-electron chi connectivity index (χ4n) is 1.92. The van der Waals surface area contributed by atoms with Gasteiger partial charge in [-0.3, -0.25) is 9.59 Å². The van der Waals surface area contributed by atoms with Crippen LogP contribution in [-0.4, -0.2) is 82.0 Å². The number of carbonyl (C=O) groups excluding carboxylic acids is 2. The van der Waals surface area contributed by atoms with Crippen molar-refractivity contribution in [3.63, 3.8) is 0 Å². The highest BCUT2D eigenvalue weighted by Gasteiger charge is 2.02. The second-order valence-corrected chi connectivity index (χ2v) is 8.09. The van der Waals surface area contributed by atoms with E-state index in [1.807, 2.05) is 6.20 Å². The van der Waals surface area contributed by atoms with E-state index in [4.69, 9.17) is 23.7 Å². The largest absolute Gasteiger partial charge is 0.379 e. The Hall–Kier alpha value is -0.260. The molecule has 0 radical (unpaired) electrons. The first-order valence-corrected chi connectivity index (χ1v) is 11.4. The summed E-state index contributed by atoms with van der Waals surface area (Å²) in [4.78, 5) is 21.5. The predicted octanol–water partition coefficient (Wildman–Crippen LogP) is 1.56. The van der Waals surface area contributed by atoms with E-state index in [1.165, 1.54) is 0 Å². The van der Waals surface area contributed by atoms with E-state index in [-0.39, 0.29) is 7.58 Å². The molecule has 1 aromatic rings. The average Bonchev–Trinajstić information content (AvgIpc) is 3.12. The van der Waals surface area contributed by atoms with E-state index in [9.17, 15) is 9.59 Å². The van der Waals surface area contributed by atoms with Gasteiger partial charge < -0.3 is 23.7 Å². The quantitative estimate of drug-likeness (QED) is 0.119. The summed E-state index contributed by atoms with van der Waals surface area (Å²) in [6.07, 6.45) is 2.66. The van der Waals surface area contributed by atoms with Gasteiger partial charge in [0.25, 0.3) is 0 Å². The average molecular weight is 639 g/mol. The van der Waals surface area contributed by atoms with Crippen LogP contribution >= 0.6 is 45.2 Å². The van der Waals surface area contributed by atoms with Crippen molar-refractivity contribution in [2.75, 3.05) is 59.5 Å². The van der Waals surface area contributed by atoms with E-state index in [0.29, 0.717) is 85.5 Å². The molecule has 166 valence electrons. The number of nitrogens with zero attached hydrogens (tertiary/aromatic N) is 3. The minimum Gasteiger partial charge on any atom is -0.379 e. The highest BCUT2D eigenvalue weighted by Crippen LogP contribution is 1.97. The molecule has 10 nitrogen and oxygen atoms in total. The van der Waals surface area contributed by atoms with E-state index < -0.39 is 0 Å². The fourth-order valence-corrected chi connectivity index (χ4v) is 2.36. The van der Waals surface area contributed by atoms with Gasteiger partial charge in [-0.05, 0) is 45.2 Å². The first-order valence-electron chi connectivity index (χ1n) is 9.22. The molecule has 0 saturated heterocycles.